The number of carbonyl (C=O) groups excluding carboxylic acids is 3. The average Bonchev–Trinajstić information content (AvgIpc) is 3.34. The van der Waals surface area contributed by atoms with E-state index in [4.69, 9.17) is 4.84 Å². The van der Waals surface area contributed by atoms with Gasteiger partial charge >= 0.3 is 29.6 Å². The summed E-state index contributed by atoms with van der Waals surface area (Å²) in [4.78, 5) is 44.6. The molecule has 0 radical (unpaired) electrons. The van der Waals surface area contributed by atoms with Gasteiger partial charge in [0.25, 0.3) is 5.91 Å². The molecule has 1 N–H and O–H groups in total. The molecule has 3 fully saturated rings. The average molecular weight is 500 g/mol. The minimum absolute atomic E-state index is 0. The predicted molar refractivity (Wildman–Crippen MR) is 119 cm³/mol. The molecule has 0 unspecified atom stereocenters. The summed E-state index contributed by atoms with van der Waals surface area (Å²) < 4.78 is 13.8. The maximum atomic E-state index is 14.6. The van der Waals surface area contributed by atoms with Gasteiger partial charge in [0.1, 0.15) is 22.8 Å². The van der Waals surface area contributed by atoms with Crippen molar-refractivity contribution in [2.24, 2.45) is 5.16 Å². The van der Waals surface area contributed by atoms with Crippen LogP contribution in [-0.4, -0.2) is 56.2 Å². The zero-order chi connectivity index (χ0) is 24.0. The molecule has 2 saturated heterocycles. The molecule has 34 heavy (non-hydrogen) atoms. The summed E-state index contributed by atoms with van der Waals surface area (Å²) >= 11 is 1.28. The molecule has 0 bridgehead atoms. The molecule has 1 aromatic carbocycles. The van der Waals surface area contributed by atoms with Gasteiger partial charge in [-0.3, -0.25) is 9.59 Å². The standard InChI is InChI=1S/C23H28FN3O5S.Na/c1-4-23(11-7-8-12-23)32-26-15(13-9-5-6-10-14(13)24)18(28)25-16-19(29)27-17(21(30)31)22(2,3)33-20(16)27;/h5-6,9-10,16-17,20H,4,7-8,11-12H2,1-3H3,(H,25,28)(H,30,31);/q;+1/p-1/b26-15-;/t16-,17-,20+;/m0./s1. The molecule has 1 saturated carbocycles. The van der Waals surface area contributed by atoms with Gasteiger partial charge in [-0.1, -0.05) is 24.2 Å². The first-order chi connectivity index (χ1) is 15.6. The second kappa shape index (κ2) is 10.2. The topological polar surface area (TPSA) is 111 Å². The van der Waals surface area contributed by atoms with Crippen molar-refractivity contribution in [3.63, 3.8) is 0 Å². The number of benzene rings is 1. The molecule has 0 spiro atoms. The van der Waals surface area contributed by atoms with Gasteiger partial charge in [-0.25, -0.2) is 4.39 Å². The quantitative estimate of drug-likeness (QED) is 0.213. The van der Waals surface area contributed by atoms with E-state index in [1.54, 1.807) is 19.9 Å². The van der Waals surface area contributed by atoms with Crippen LogP contribution in [0.25, 0.3) is 0 Å². The number of β-lactam (4-membered cyclic amide) rings is 1. The smallest absolute Gasteiger partial charge is 0.548 e. The van der Waals surface area contributed by atoms with Crippen LogP contribution < -0.4 is 40.0 Å². The van der Waals surface area contributed by atoms with Gasteiger partial charge in [0.15, 0.2) is 5.71 Å². The van der Waals surface area contributed by atoms with Gasteiger partial charge in [0.2, 0.25) is 5.91 Å². The molecule has 2 aliphatic heterocycles. The zero-order valence-electron chi connectivity index (χ0n) is 19.8. The zero-order valence-corrected chi connectivity index (χ0v) is 22.6. The van der Waals surface area contributed by atoms with E-state index in [1.165, 1.54) is 34.9 Å². The van der Waals surface area contributed by atoms with Crippen LogP contribution in [0, 0.1) is 5.82 Å². The number of halogens is 1. The maximum absolute atomic E-state index is 14.6. The number of amides is 2. The van der Waals surface area contributed by atoms with Crippen molar-refractivity contribution in [1.29, 1.82) is 0 Å². The first kappa shape index (κ1) is 27.0. The summed E-state index contributed by atoms with van der Waals surface area (Å²) in [6, 6.07) is 3.70. The molecule has 11 heteroatoms. The van der Waals surface area contributed by atoms with E-state index >= 15 is 0 Å². The van der Waals surface area contributed by atoms with E-state index in [9.17, 15) is 23.9 Å². The molecule has 1 aromatic rings. The summed E-state index contributed by atoms with van der Waals surface area (Å²) in [5, 5.41) is 17.8. The Morgan fingerprint density at radius 1 is 1.29 bits per heavy atom. The Morgan fingerprint density at radius 3 is 2.53 bits per heavy atom. The maximum Gasteiger partial charge on any atom is 1.00 e. The number of hydrogen-bond acceptors (Lipinski definition) is 7. The third-order valence-electron chi connectivity index (χ3n) is 6.78. The largest absolute Gasteiger partial charge is 1.00 e. The van der Waals surface area contributed by atoms with Crippen molar-refractivity contribution in [2.75, 3.05) is 0 Å². The van der Waals surface area contributed by atoms with Crippen LogP contribution in [0.3, 0.4) is 0 Å². The molecule has 0 aromatic heterocycles. The van der Waals surface area contributed by atoms with Gasteiger partial charge < -0.3 is 25.0 Å². The fourth-order valence-electron chi connectivity index (χ4n) is 4.87. The molecule has 2 heterocycles. The van der Waals surface area contributed by atoms with Crippen LogP contribution >= 0.6 is 11.8 Å². The fraction of sp³-hybridized carbons (Fsp3) is 0.565. The van der Waals surface area contributed by atoms with Gasteiger partial charge in [0, 0.05) is 10.3 Å². The van der Waals surface area contributed by atoms with Crippen LogP contribution in [0.15, 0.2) is 29.4 Å². The minimum Gasteiger partial charge on any atom is -0.548 e. The Morgan fingerprint density at radius 2 is 1.94 bits per heavy atom. The molecule has 8 nitrogen and oxygen atoms in total. The van der Waals surface area contributed by atoms with Gasteiger partial charge in [0.05, 0.1) is 12.0 Å². The number of carboxylic acid groups (broad SMARTS) is 1. The molecular weight excluding hydrogens is 472 g/mol. The molecule has 1 aliphatic carbocycles. The summed E-state index contributed by atoms with van der Waals surface area (Å²) in [6.45, 7) is 5.42. The first-order valence-electron chi connectivity index (χ1n) is 11.1. The van der Waals surface area contributed by atoms with Crippen molar-refractivity contribution in [3.8, 4) is 0 Å². The molecule has 2 amide bonds. The Labute approximate surface area is 224 Å². The first-order valence-corrected chi connectivity index (χ1v) is 12.0. The number of nitrogens with zero attached hydrogens (tertiary/aromatic N) is 2. The Kier molecular flexibility index (Phi) is 8.06. The molecule has 178 valence electrons. The van der Waals surface area contributed by atoms with Gasteiger partial charge in [-0.2, -0.15) is 0 Å². The Hall–Kier alpha value is -1.62. The molecule has 4 rings (SSSR count). The van der Waals surface area contributed by atoms with Crippen LogP contribution in [-0.2, 0) is 19.2 Å². The van der Waals surface area contributed by atoms with Crippen molar-refractivity contribution < 1.29 is 58.3 Å². The van der Waals surface area contributed by atoms with E-state index in [1.807, 2.05) is 6.92 Å². The minimum atomic E-state index is -1.34. The molecule has 3 atom stereocenters. The van der Waals surface area contributed by atoms with Crippen molar-refractivity contribution in [2.45, 2.75) is 80.7 Å². The predicted octanol–water partition coefficient (Wildman–Crippen LogP) is -1.43. The molecule has 3 aliphatic rings. The summed E-state index contributed by atoms with van der Waals surface area (Å²) in [6.07, 6.45) is 4.29. The van der Waals surface area contributed by atoms with Gasteiger partial charge in [-0.05, 0) is 58.1 Å². The number of hydrogen-bond donors (Lipinski definition) is 1. The summed E-state index contributed by atoms with van der Waals surface area (Å²) in [7, 11) is 0. The van der Waals surface area contributed by atoms with Crippen LogP contribution in [0.1, 0.15) is 58.4 Å². The van der Waals surface area contributed by atoms with Crippen molar-refractivity contribution in [3.05, 3.63) is 35.6 Å². The van der Waals surface area contributed by atoms with Crippen LogP contribution in [0.2, 0.25) is 0 Å². The van der Waals surface area contributed by atoms with Crippen molar-refractivity contribution in [1.82, 2.24) is 10.2 Å². The number of thioether (sulfide) groups is 1. The van der Waals surface area contributed by atoms with Crippen LogP contribution in [0.4, 0.5) is 4.39 Å². The third kappa shape index (κ3) is 4.74. The monoisotopic (exact) mass is 499 g/mol. The van der Waals surface area contributed by atoms with Crippen LogP contribution in [0.5, 0.6) is 0 Å². The van der Waals surface area contributed by atoms with E-state index < -0.39 is 51.4 Å². The van der Waals surface area contributed by atoms with E-state index in [-0.39, 0.29) is 40.8 Å². The number of fused-ring (bicyclic) bond motifs is 1. The van der Waals surface area contributed by atoms with Gasteiger partial charge in [-0.15, -0.1) is 11.8 Å². The van der Waals surface area contributed by atoms with E-state index in [2.05, 4.69) is 10.5 Å². The normalized spacial score (nSPS) is 26.8. The number of carbonyl (C=O) groups is 3. The SMILES string of the molecule is CCC1(O/N=C(\C(=O)N[C@H]2C(=O)N3[C@@H]2SC(C)(C)[C@@H]3C(=O)[O-])c2ccccc2F)CCCC1.[Na+]. The number of carboxylic acids is 1. The fourth-order valence-corrected chi connectivity index (χ4v) is 6.49. The van der Waals surface area contributed by atoms with E-state index in [0.717, 1.165) is 25.7 Å². The third-order valence-corrected chi connectivity index (χ3v) is 8.36. The Balaban J connectivity index is 0.00000324. The summed E-state index contributed by atoms with van der Waals surface area (Å²) in [5.41, 5.74) is -0.778. The number of aliphatic carboxylic acids is 1. The second-order valence-electron chi connectivity index (χ2n) is 9.28. The Bertz CT molecular complexity index is 1010. The number of oxime groups is 1. The molecular formula is C23H27FN3NaO5S. The summed E-state index contributed by atoms with van der Waals surface area (Å²) in [5.74, 6) is -3.24. The second-order valence-corrected chi connectivity index (χ2v) is 11.1. The van der Waals surface area contributed by atoms with Crippen molar-refractivity contribution >= 4 is 35.3 Å². The number of rotatable bonds is 7. The number of nitrogens with one attached hydrogen (secondary N) is 1. The van der Waals surface area contributed by atoms with E-state index in [0.29, 0.717) is 6.42 Å².